The summed E-state index contributed by atoms with van der Waals surface area (Å²) in [5.41, 5.74) is 6.15. The summed E-state index contributed by atoms with van der Waals surface area (Å²) >= 11 is 0. The van der Waals surface area contributed by atoms with E-state index in [1.54, 1.807) is 60.7 Å². The molecule has 1 saturated heterocycles. The van der Waals surface area contributed by atoms with Gasteiger partial charge in [-0.05, 0) is 44.7 Å². The number of nitrogens with two attached hydrogens (primary N) is 1. The number of alkyl carbamates (subject to hydrolysis) is 1. The van der Waals surface area contributed by atoms with Crippen LogP contribution in [0.5, 0.6) is 0 Å². The minimum atomic E-state index is -1.47. The molecule has 0 aromatic heterocycles. The van der Waals surface area contributed by atoms with E-state index in [2.05, 4.69) is 16.0 Å². The van der Waals surface area contributed by atoms with Crippen molar-refractivity contribution in [3.05, 3.63) is 71.8 Å². The summed E-state index contributed by atoms with van der Waals surface area (Å²) in [4.78, 5) is 78.8. The molecule has 0 spiro atoms. The second-order valence-corrected chi connectivity index (χ2v) is 11.4. The number of hydrogen-bond donors (Lipinski definition) is 4. The summed E-state index contributed by atoms with van der Waals surface area (Å²) in [5.74, 6) is -3.99. The van der Waals surface area contributed by atoms with E-state index in [4.69, 9.17) is 10.5 Å². The molecule has 1 fully saturated rings. The third kappa shape index (κ3) is 10.2. The van der Waals surface area contributed by atoms with Gasteiger partial charge in [0, 0.05) is 18.5 Å². The van der Waals surface area contributed by atoms with Crippen LogP contribution in [0, 0.1) is 0 Å². The fourth-order valence-electron chi connectivity index (χ4n) is 4.67. The van der Waals surface area contributed by atoms with Crippen molar-refractivity contribution >= 4 is 35.5 Å². The third-order valence-electron chi connectivity index (χ3n) is 6.67. The topological polar surface area (TPSA) is 177 Å². The number of benzene rings is 2. The number of carbonyl (C=O) groups excluding carboxylic acids is 6. The van der Waals surface area contributed by atoms with E-state index in [0.717, 1.165) is 0 Å². The zero-order chi connectivity index (χ0) is 31.6. The van der Waals surface area contributed by atoms with Crippen molar-refractivity contribution in [2.45, 2.75) is 76.7 Å². The molecular weight excluding hydrogens is 554 g/mol. The van der Waals surface area contributed by atoms with Gasteiger partial charge in [-0.15, -0.1) is 0 Å². The highest BCUT2D eigenvalue weighted by Gasteiger charge is 2.40. The van der Waals surface area contributed by atoms with Crippen molar-refractivity contribution in [3.8, 4) is 0 Å². The maximum Gasteiger partial charge on any atom is 0.408 e. The molecule has 2 aromatic carbocycles. The zero-order valence-electron chi connectivity index (χ0n) is 24.6. The van der Waals surface area contributed by atoms with Gasteiger partial charge in [-0.3, -0.25) is 24.0 Å². The Kier molecular flexibility index (Phi) is 11.4. The number of ether oxygens (including phenoxy) is 1. The second kappa shape index (κ2) is 14.9. The molecule has 0 aliphatic carbocycles. The number of rotatable bonds is 12. The molecule has 3 atom stereocenters. The van der Waals surface area contributed by atoms with Crippen LogP contribution in [-0.4, -0.2) is 70.6 Å². The highest BCUT2D eigenvalue weighted by Crippen LogP contribution is 2.20. The second-order valence-electron chi connectivity index (χ2n) is 11.4. The average molecular weight is 594 g/mol. The van der Waals surface area contributed by atoms with Gasteiger partial charge in [0.25, 0.3) is 5.91 Å². The van der Waals surface area contributed by atoms with Gasteiger partial charge in [-0.1, -0.05) is 60.7 Å². The lowest BCUT2D eigenvalue weighted by atomic mass is 10.00. The SMILES string of the molecule is CC(C)(C)NC(=O)[C@@H]1CCCN1C(=O)C(=O)[C@H](Cc1ccccc1)NC(=O)[C@H](CC(N)=O)NC(=O)OCc1ccccc1. The Labute approximate surface area is 250 Å². The molecule has 1 aliphatic heterocycles. The lowest BCUT2D eigenvalue weighted by Gasteiger charge is -2.29. The summed E-state index contributed by atoms with van der Waals surface area (Å²) < 4.78 is 5.17. The first-order valence-corrected chi connectivity index (χ1v) is 14.1. The van der Waals surface area contributed by atoms with Crippen LogP contribution in [0.25, 0.3) is 0 Å². The third-order valence-corrected chi connectivity index (χ3v) is 6.67. The number of Topliss-reactive ketones (excluding diaryl/α,β-unsaturated/α-hetero) is 1. The highest BCUT2D eigenvalue weighted by molar-refractivity contribution is 6.38. The average Bonchev–Trinajstić information content (AvgIpc) is 3.45. The van der Waals surface area contributed by atoms with E-state index in [9.17, 15) is 28.8 Å². The van der Waals surface area contributed by atoms with Crippen molar-refractivity contribution in [1.82, 2.24) is 20.9 Å². The molecule has 5 N–H and O–H groups in total. The van der Waals surface area contributed by atoms with Crippen LogP contribution in [0.3, 0.4) is 0 Å². The minimum absolute atomic E-state index is 0.0500. The van der Waals surface area contributed by atoms with Crippen molar-refractivity contribution < 1.29 is 33.5 Å². The molecule has 2 aromatic rings. The summed E-state index contributed by atoms with van der Waals surface area (Å²) in [6, 6.07) is 13.9. The maximum absolute atomic E-state index is 13.6. The van der Waals surface area contributed by atoms with Gasteiger partial charge in [0.15, 0.2) is 0 Å². The van der Waals surface area contributed by atoms with Crippen LogP contribution in [0.4, 0.5) is 4.79 Å². The Morgan fingerprint density at radius 3 is 2.09 bits per heavy atom. The lowest BCUT2D eigenvalue weighted by molar-refractivity contribution is -0.149. The van der Waals surface area contributed by atoms with E-state index in [-0.39, 0.29) is 25.5 Å². The molecule has 12 heteroatoms. The molecule has 1 heterocycles. The predicted molar refractivity (Wildman–Crippen MR) is 157 cm³/mol. The van der Waals surface area contributed by atoms with Gasteiger partial charge in [-0.25, -0.2) is 4.79 Å². The van der Waals surface area contributed by atoms with Crippen LogP contribution in [0.1, 0.15) is 51.2 Å². The van der Waals surface area contributed by atoms with Gasteiger partial charge in [-0.2, -0.15) is 0 Å². The first-order chi connectivity index (χ1) is 20.3. The largest absolute Gasteiger partial charge is 0.445 e. The number of amides is 5. The Hall–Kier alpha value is -4.74. The quantitative estimate of drug-likeness (QED) is 0.269. The van der Waals surface area contributed by atoms with E-state index in [0.29, 0.717) is 24.0 Å². The molecule has 0 unspecified atom stereocenters. The monoisotopic (exact) mass is 593 g/mol. The van der Waals surface area contributed by atoms with Crippen molar-refractivity contribution in [2.75, 3.05) is 6.54 Å². The highest BCUT2D eigenvalue weighted by atomic mass is 16.5. The van der Waals surface area contributed by atoms with Gasteiger partial charge < -0.3 is 31.3 Å². The Bertz CT molecular complexity index is 1310. The lowest BCUT2D eigenvalue weighted by Crippen LogP contribution is -2.57. The van der Waals surface area contributed by atoms with Crippen LogP contribution in [0.2, 0.25) is 0 Å². The van der Waals surface area contributed by atoms with Crippen molar-refractivity contribution in [3.63, 3.8) is 0 Å². The number of nitrogens with zero attached hydrogens (tertiary/aromatic N) is 1. The van der Waals surface area contributed by atoms with Crippen molar-refractivity contribution in [2.24, 2.45) is 5.73 Å². The maximum atomic E-state index is 13.6. The van der Waals surface area contributed by atoms with Gasteiger partial charge in [0.05, 0.1) is 6.42 Å². The van der Waals surface area contributed by atoms with E-state index >= 15 is 0 Å². The smallest absolute Gasteiger partial charge is 0.408 e. The minimum Gasteiger partial charge on any atom is -0.445 e. The van der Waals surface area contributed by atoms with Gasteiger partial charge in [0.1, 0.15) is 24.7 Å². The van der Waals surface area contributed by atoms with Crippen LogP contribution >= 0.6 is 0 Å². The first kappa shape index (κ1) is 32.8. The fraction of sp³-hybridized carbons (Fsp3) is 0.419. The van der Waals surface area contributed by atoms with Crippen LogP contribution in [-0.2, 0) is 41.7 Å². The van der Waals surface area contributed by atoms with E-state index in [1.807, 2.05) is 20.8 Å². The molecule has 0 radical (unpaired) electrons. The number of primary amides is 1. The Balaban J connectivity index is 1.77. The molecular formula is C31H39N5O7. The molecule has 43 heavy (non-hydrogen) atoms. The summed E-state index contributed by atoms with van der Waals surface area (Å²) in [7, 11) is 0. The summed E-state index contributed by atoms with van der Waals surface area (Å²) in [6.45, 7) is 5.57. The number of ketones is 1. The Morgan fingerprint density at radius 2 is 1.51 bits per heavy atom. The Morgan fingerprint density at radius 1 is 0.907 bits per heavy atom. The predicted octanol–water partition coefficient (Wildman–Crippen LogP) is 1.36. The number of likely N-dealkylation sites (tertiary alicyclic amines) is 1. The number of carbonyl (C=O) groups is 6. The van der Waals surface area contributed by atoms with Crippen LogP contribution < -0.4 is 21.7 Å². The van der Waals surface area contributed by atoms with Crippen molar-refractivity contribution in [1.29, 1.82) is 0 Å². The fourth-order valence-corrected chi connectivity index (χ4v) is 4.67. The standard InChI is InChI=1S/C31H39N5O7/c1-31(2,3)35-28(40)24-15-10-16-36(24)29(41)26(38)22(17-20-11-6-4-7-12-20)33-27(39)23(18-25(32)37)34-30(42)43-19-21-13-8-5-9-14-21/h4-9,11-14,22-24H,10,15-19H2,1-3H3,(H2,32,37)(H,33,39)(H,34,42)(H,35,40)/t22-,23-,24-/m0/s1. The number of hydrogen-bond acceptors (Lipinski definition) is 7. The molecule has 1 aliphatic rings. The van der Waals surface area contributed by atoms with Gasteiger partial charge in [0.2, 0.25) is 23.5 Å². The molecule has 12 nitrogen and oxygen atoms in total. The summed E-state index contributed by atoms with van der Waals surface area (Å²) in [6.07, 6.45) is -0.671. The molecule has 5 amide bonds. The molecule has 0 bridgehead atoms. The molecule has 3 rings (SSSR count). The van der Waals surface area contributed by atoms with Crippen LogP contribution in [0.15, 0.2) is 60.7 Å². The normalized spacial score (nSPS) is 16.0. The molecule has 230 valence electrons. The van der Waals surface area contributed by atoms with E-state index in [1.165, 1.54) is 4.90 Å². The number of nitrogens with one attached hydrogen (secondary N) is 3. The zero-order valence-corrected chi connectivity index (χ0v) is 24.6. The van der Waals surface area contributed by atoms with Gasteiger partial charge >= 0.3 is 6.09 Å². The molecule has 0 saturated carbocycles. The summed E-state index contributed by atoms with van der Waals surface area (Å²) in [5, 5.41) is 7.69. The van der Waals surface area contributed by atoms with E-state index < -0.39 is 59.7 Å². The first-order valence-electron chi connectivity index (χ1n) is 14.1.